The predicted molar refractivity (Wildman–Crippen MR) is 152 cm³/mol. The molecule has 0 saturated carbocycles. The number of fused-ring (bicyclic) bond motifs is 4. The van der Waals surface area contributed by atoms with Gasteiger partial charge in [0.25, 0.3) is 5.56 Å². The fourth-order valence-electron chi connectivity index (χ4n) is 5.65. The highest BCUT2D eigenvalue weighted by atomic mass is 35.5. The zero-order valence-electron chi connectivity index (χ0n) is 22.4. The average molecular weight is 582 g/mol. The summed E-state index contributed by atoms with van der Waals surface area (Å²) in [7, 11) is 0. The quantitative estimate of drug-likeness (QED) is 0.255. The molecule has 2 aromatic carbocycles. The summed E-state index contributed by atoms with van der Waals surface area (Å²) >= 11 is 6.40. The Labute approximate surface area is 238 Å². The number of anilines is 2. The van der Waals surface area contributed by atoms with Crippen molar-refractivity contribution in [2.45, 2.75) is 44.8 Å². The summed E-state index contributed by atoms with van der Waals surface area (Å²) in [6, 6.07) is 13.0. The van der Waals surface area contributed by atoms with Crippen LogP contribution < -0.4 is 10.9 Å². The first-order valence-corrected chi connectivity index (χ1v) is 13.6. The van der Waals surface area contributed by atoms with E-state index in [2.05, 4.69) is 39.0 Å². The zero-order valence-corrected chi connectivity index (χ0v) is 23.2. The summed E-state index contributed by atoms with van der Waals surface area (Å²) in [5.41, 5.74) is 3.27. The summed E-state index contributed by atoms with van der Waals surface area (Å²) in [5, 5.41) is 3.93. The molecule has 41 heavy (non-hydrogen) atoms. The fraction of sp³-hybridized carbons (Fsp3) is 0.310. The van der Waals surface area contributed by atoms with Crippen molar-refractivity contribution >= 4 is 40.0 Å². The molecule has 8 nitrogen and oxygen atoms in total. The van der Waals surface area contributed by atoms with Crippen LogP contribution in [0.1, 0.15) is 37.8 Å². The van der Waals surface area contributed by atoms with Gasteiger partial charge in [0.15, 0.2) is 5.65 Å². The van der Waals surface area contributed by atoms with Gasteiger partial charge in [0, 0.05) is 49.2 Å². The van der Waals surface area contributed by atoms with Crippen LogP contribution in [0.25, 0.3) is 22.5 Å². The second kappa shape index (κ2) is 10.1. The van der Waals surface area contributed by atoms with Crippen molar-refractivity contribution in [1.29, 1.82) is 0 Å². The molecule has 4 heterocycles. The number of aromatic nitrogens is 5. The highest BCUT2D eigenvalue weighted by Crippen LogP contribution is 2.35. The van der Waals surface area contributed by atoms with Crippen molar-refractivity contribution in [3.8, 4) is 5.69 Å². The SMILES string of the molecule is CC1(C)CN(CCCC(F)(F)F)Cc2cc(Nc3ncc4c(=O)n(-c5ccccc5Cl)c5nccn5c4n3)ccc21. The lowest BCUT2D eigenvalue weighted by molar-refractivity contribution is -0.136. The fourth-order valence-corrected chi connectivity index (χ4v) is 5.87. The molecule has 1 N–H and O–H groups in total. The average Bonchev–Trinajstić information content (AvgIpc) is 3.38. The van der Waals surface area contributed by atoms with E-state index < -0.39 is 12.6 Å². The molecule has 0 aliphatic carbocycles. The lowest BCUT2D eigenvalue weighted by Gasteiger charge is -2.40. The number of rotatable bonds is 6. The van der Waals surface area contributed by atoms with E-state index in [-0.39, 0.29) is 17.4 Å². The van der Waals surface area contributed by atoms with E-state index in [0.29, 0.717) is 53.1 Å². The molecule has 212 valence electrons. The minimum Gasteiger partial charge on any atom is -0.324 e. The zero-order chi connectivity index (χ0) is 28.9. The largest absolute Gasteiger partial charge is 0.389 e. The Morgan fingerprint density at radius 3 is 2.71 bits per heavy atom. The molecule has 1 aliphatic rings. The molecule has 12 heteroatoms. The lowest BCUT2D eigenvalue weighted by Crippen LogP contribution is -2.42. The summed E-state index contributed by atoms with van der Waals surface area (Å²) in [6.45, 7) is 5.83. The van der Waals surface area contributed by atoms with Gasteiger partial charge in [-0.1, -0.05) is 43.6 Å². The molecule has 5 aromatic rings. The van der Waals surface area contributed by atoms with Crippen LogP contribution in [-0.2, 0) is 12.0 Å². The molecule has 6 rings (SSSR count). The highest BCUT2D eigenvalue weighted by molar-refractivity contribution is 6.32. The summed E-state index contributed by atoms with van der Waals surface area (Å²) in [4.78, 5) is 29.0. The van der Waals surface area contributed by atoms with Crippen LogP contribution in [0.5, 0.6) is 0 Å². The van der Waals surface area contributed by atoms with Gasteiger partial charge >= 0.3 is 6.18 Å². The number of nitrogens with one attached hydrogen (secondary N) is 1. The van der Waals surface area contributed by atoms with Gasteiger partial charge < -0.3 is 5.32 Å². The van der Waals surface area contributed by atoms with E-state index in [4.69, 9.17) is 11.6 Å². The van der Waals surface area contributed by atoms with Crippen LogP contribution in [0.3, 0.4) is 0 Å². The number of alkyl halides is 3. The number of halogens is 4. The van der Waals surface area contributed by atoms with E-state index >= 15 is 0 Å². The van der Waals surface area contributed by atoms with Crippen LogP contribution in [0.15, 0.2) is 65.8 Å². The maximum absolute atomic E-state index is 13.5. The van der Waals surface area contributed by atoms with Gasteiger partial charge in [0.05, 0.1) is 10.7 Å². The number of imidazole rings is 1. The summed E-state index contributed by atoms with van der Waals surface area (Å²) in [5.74, 6) is 0.654. The molecule has 0 saturated heterocycles. The second-order valence-corrected chi connectivity index (χ2v) is 11.3. The first-order chi connectivity index (χ1) is 19.5. The molecule has 0 unspecified atom stereocenters. The number of benzene rings is 2. The normalized spacial score (nSPS) is 15.4. The van der Waals surface area contributed by atoms with Crippen LogP contribution in [0.4, 0.5) is 24.8 Å². The first-order valence-electron chi connectivity index (χ1n) is 13.2. The summed E-state index contributed by atoms with van der Waals surface area (Å²) in [6.07, 6.45) is -0.0874. The molecule has 0 spiro atoms. The molecule has 0 amide bonds. The third-order valence-electron chi connectivity index (χ3n) is 7.38. The minimum atomic E-state index is -4.15. The Kier molecular flexibility index (Phi) is 6.74. The van der Waals surface area contributed by atoms with Crippen molar-refractivity contribution in [2.75, 3.05) is 18.4 Å². The molecule has 1 aliphatic heterocycles. The Morgan fingerprint density at radius 2 is 1.93 bits per heavy atom. The van der Waals surface area contributed by atoms with Gasteiger partial charge in [-0.3, -0.25) is 14.1 Å². The molecule has 0 fully saturated rings. The third-order valence-corrected chi connectivity index (χ3v) is 7.70. The van der Waals surface area contributed by atoms with Gasteiger partial charge in [-0.05, 0) is 48.4 Å². The molecule has 3 aromatic heterocycles. The van der Waals surface area contributed by atoms with E-state index in [1.165, 1.54) is 10.8 Å². The van der Waals surface area contributed by atoms with Crippen molar-refractivity contribution in [2.24, 2.45) is 0 Å². The third kappa shape index (κ3) is 5.27. The number of hydrogen-bond donors (Lipinski definition) is 1. The monoisotopic (exact) mass is 581 g/mol. The smallest absolute Gasteiger partial charge is 0.324 e. The van der Waals surface area contributed by atoms with Gasteiger partial charge in [0.1, 0.15) is 5.39 Å². The van der Waals surface area contributed by atoms with E-state index in [1.54, 1.807) is 41.1 Å². The summed E-state index contributed by atoms with van der Waals surface area (Å²) < 4.78 is 41.2. The van der Waals surface area contributed by atoms with Gasteiger partial charge in [-0.25, -0.2) is 14.5 Å². The molecule has 0 atom stereocenters. The van der Waals surface area contributed by atoms with Crippen molar-refractivity contribution in [1.82, 2.24) is 28.8 Å². The molecule has 0 bridgehead atoms. The Balaban J connectivity index is 1.32. The van der Waals surface area contributed by atoms with E-state index in [1.807, 2.05) is 18.2 Å². The van der Waals surface area contributed by atoms with Crippen molar-refractivity contribution in [3.05, 3.63) is 87.6 Å². The first kappa shape index (κ1) is 27.2. The Hall–Kier alpha value is -3.96. The van der Waals surface area contributed by atoms with Crippen LogP contribution in [0, 0.1) is 0 Å². The molecular formula is C29H27ClF3N7O. The Bertz CT molecular complexity index is 1830. The van der Waals surface area contributed by atoms with Crippen molar-refractivity contribution in [3.63, 3.8) is 0 Å². The lowest BCUT2D eigenvalue weighted by atomic mass is 9.78. The van der Waals surface area contributed by atoms with E-state index in [9.17, 15) is 18.0 Å². The highest BCUT2D eigenvalue weighted by Gasteiger charge is 2.33. The topological polar surface area (TPSA) is 80.4 Å². The van der Waals surface area contributed by atoms with Crippen LogP contribution in [-0.4, -0.2) is 48.1 Å². The molecule has 0 radical (unpaired) electrons. The van der Waals surface area contributed by atoms with Gasteiger partial charge in [-0.2, -0.15) is 18.2 Å². The van der Waals surface area contributed by atoms with Gasteiger partial charge in [-0.15, -0.1) is 0 Å². The maximum Gasteiger partial charge on any atom is 0.389 e. The van der Waals surface area contributed by atoms with Crippen LogP contribution in [0.2, 0.25) is 5.02 Å². The number of para-hydroxylation sites is 1. The van der Waals surface area contributed by atoms with E-state index in [0.717, 1.165) is 16.8 Å². The standard InChI is InChI=1S/C29H27ClF3N7O/c1-28(2)17-38(12-5-10-29(31,32)33)16-18-14-19(8-9-21(18)28)36-26-35-15-20-24(37-26)39-13-11-34-27(39)40(25(20)41)23-7-4-3-6-22(23)30/h3-4,6-9,11,13-15H,5,10,12,16-17H2,1-2H3,(H,35,36,37). The molecular weight excluding hydrogens is 555 g/mol. The van der Waals surface area contributed by atoms with Gasteiger partial charge in [0.2, 0.25) is 11.7 Å². The second-order valence-electron chi connectivity index (χ2n) is 10.9. The minimum absolute atomic E-state index is 0.0681. The Morgan fingerprint density at radius 1 is 1.12 bits per heavy atom. The van der Waals surface area contributed by atoms with Crippen molar-refractivity contribution < 1.29 is 13.2 Å². The van der Waals surface area contributed by atoms with Crippen LogP contribution >= 0.6 is 11.6 Å². The number of hydrogen-bond acceptors (Lipinski definition) is 6. The predicted octanol–water partition coefficient (Wildman–Crippen LogP) is 6.26. The maximum atomic E-state index is 13.5. The number of nitrogens with zero attached hydrogens (tertiary/aromatic N) is 6.